The lowest BCUT2D eigenvalue weighted by atomic mass is 10.1. The molecule has 0 heterocycles. The Morgan fingerprint density at radius 3 is 2.25 bits per heavy atom. The first-order valence-corrected chi connectivity index (χ1v) is 10.2. The van der Waals surface area contributed by atoms with E-state index in [1.165, 1.54) is 9.79 Å². The SMILES string of the molecule is CCC(C)(C)OCCCOC(=O)COc1ccc([SH+]c2ccccc2)cc1.[CH3-]. The van der Waals surface area contributed by atoms with Crippen LogP contribution in [0.2, 0.25) is 0 Å². The van der Waals surface area contributed by atoms with Crippen molar-refractivity contribution in [2.45, 2.75) is 49.0 Å². The smallest absolute Gasteiger partial charge is 0.344 e. The summed E-state index contributed by atoms with van der Waals surface area (Å²) >= 11 is 1.14. The van der Waals surface area contributed by atoms with E-state index in [0.717, 1.165) is 18.2 Å². The second kappa shape index (κ2) is 12.5. The molecule has 2 aromatic rings. The van der Waals surface area contributed by atoms with Crippen LogP contribution in [0.25, 0.3) is 0 Å². The molecular formula is C23H32O4S. The summed E-state index contributed by atoms with van der Waals surface area (Å²) in [5.41, 5.74) is -0.126. The second-order valence-electron chi connectivity index (χ2n) is 6.77. The first-order valence-electron chi connectivity index (χ1n) is 9.28. The molecule has 0 aliphatic carbocycles. The molecule has 0 N–H and O–H groups in total. The van der Waals surface area contributed by atoms with Gasteiger partial charge in [-0.3, -0.25) is 0 Å². The van der Waals surface area contributed by atoms with Gasteiger partial charge < -0.3 is 21.6 Å². The van der Waals surface area contributed by atoms with Crippen LogP contribution in [0.5, 0.6) is 5.75 Å². The Balaban J connectivity index is 0.00000392. The number of esters is 1. The summed E-state index contributed by atoms with van der Waals surface area (Å²) in [7, 11) is 0. The third-order valence-corrected chi connectivity index (χ3v) is 5.22. The van der Waals surface area contributed by atoms with Crippen molar-refractivity contribution in [3.63, 3.8) is 0 Å². The maximum absolute atomic E-state index is 11.8. The monoisotopic (exact) mass is 404 g/mol. The fraction of sp³-hybridized carbons (Fsp3) is 0.391. The molecule has 4 nitrogen and oxygen atoms in total. The number of carbonyl (C=O) groups is 1. The summed E-state index contributed by atoms with van der Waals surface area (Å²) < 4.78 is 16.4. The zero-order valence-corrected chi connectivity index (χ0v) is 18.2. The van der Waals surface area contributed by atoms with Gasteiger partial charge in [-0.05, 0) is 56.7 Å². The molecule has 28 heavy (non-hydrogen) atoms. The fourth-order valence-electron chi connectivity index (χ4n) is 2.15. The Kier molecular flexibility index (Phi) is 10.7. The van der Waals surface area contributed by atoms with Gasteiger partial charge in [0.15, 0.2) is 16.4 Å². The van der Waals surface area contributed by atoms with Crippen LogP contribution in [0, 0.1) is 7.43 Å². The fourth-order valence-corrected chi connectivity index (χ4v) is 3.07. The molecule has 0 aliphatic rings. The number of ether oxygens (including phenoxy) is 3. The zero-order valence-electron chi connectivity index (χ0n) is 17.3. The minimum absolute atomic E-state index is 0. The van der Waals surface area contributed by atoms with Crippen molar-refractivity contribution >= 4 is 17.7 Å². The van der Waals surface area contributed by atoms with Crippen molar-refractivity contribution in [3.8, 4) is 5.75 Å². The quantitative estimate of drug-likeness (QED) is 0.176. The average molecular weight is 405 g/mol. The number of benzene rings is 2. The average Bonchev–Trinajstić information content (AvgIpc) is 2.68. The van der Waals surface area contributed by atoms with Crippen LogP contribution in [0.4, 0.5) is 0 Å². The topological polar surface area (TPSA) is 44.8 Å². The number of hydrogen-bond donors (Lipinski definition) is 0. The molecule has 154 valence electrons. The molecule has 0 saturated carbocycles. The van der Waals surface area contributed by atoms with Crippen LogP contribution < -0.4 is 4.74 Å². The lowest BCUT2D eigenvalue weighted by Crippen LogP contribution is -2.24. The van der Waals surface area contributed by atoms with E-state index in [9.17, 15) is 4.79 Å². The summed E-state index contributed by atoms with van der Waals surface area (Å²) in [5, 5.41) is 0. The van der Waals surface area contributed by atoms with Gasteiger partial charge in [0.05, 0.1) is 18.8 Å². The standard InChI is InChI=1S/C22H28O4S.CH3/c1-4-22(2,3)26-16-8-15-24-21(23)17-25-18-11-13-20(14-12-18)27-19-9-6-5-7-10-19;/h5-7,9-14H,4,8,15-17H2,1-3H3;1H3/q;-1/p+1. The molecule has 0 fully saturated rings. The maximum atomic E-state index is 11.8. The van der Waals surface area contributed by atoms with Crippen molar-refractivity contribution in [1.29, 1.82) is 0 Å². The molecule has 0 saturated heterocycles. The van der Waals surface area contributed by atoms with E-state index in [1.807, 2.05) is 42.5 Å². The number of rotatable bonds is 11. The highest BCUT2D eigenvalue weighted by molar-refractivity contribution is 7.78. The van der Waals surface area contributed by atoms with E-state index in [0.29, 0.717) is 25.4 Å². The Bertz CT molecular complexity index is 684. The molecule has 0 spiro atoms. The summed E-state index contributed by atoms with van der Waals surface area (Å²) in [6.45, 7) is 7.03. The van der Waals surface area contributed by atoms with Crippen molar-refractivity contribution in [2.75, 3.05) is 19.8 Å². The predicted octanol–water partition coefficient (Wildman–Crippen LogP) is 4.89. The highest BCUT2D eigenvalue weighted by Crippen LogP contribution is 2.17. The summed E-state index contributed by atoms with van der Waals surface area (Å²) in [6, 6.07) is 18.0. The third-order valence-electron chi connectivity index (χ3n) is 4.10. The molecule has 0 aliphatic heterocycles. The van der Waals surface area contributed by atoms with E-state index >= 15 is 0 Å². The third kappa shape index (κ3) is 9.29. The minimum atomic E-state index is -0.365. The van der Waals surface area contributed by atoms with Gasteiger partial charge >= 0.3 is 5.97 Å². The highest BCUT2D eigenvalue weighted by Gasteiger charge is 2.14. The van der Waals surface area contributed by atoms with Crippen LogP contribution in [0.15, 0.2) is 64.4 Å². The van der Waals surface area contributed by atoms with E-state index < -0.39 is 0 Å². The molecule has 0 bridgehead atoms. The van der Waals surface area contributed by atoms with Gasteiger partial charge in [-0.25, -0.2) is 4.79 Å². The Hall–Kier alpha value is -1.98. The molecule has 2 aromatic carbocycles. The van der Waals surface area contributed by atoms with E-state index in [4.69, 9.17) is 14.2 Å². The molecular weight excluding hydrogens is 372 g/mol. The molecule has 2 rings (SSSR count). The van der Waals surface area contributed by atoms with E-state index in [2.05, 4.69) is 32.9 Å². The van der Waals surface area contributed by atoms with Crippen LogP contribution in [0.3, 0.4) is 0 Å². The summed E-state index contributed by atoms with van der Waals surface area (Å²) in [6.07, 6.45) is 1.63. The molecule has 0 atom stereocenters. The number of carbonyl (C=O) groups excluding carboxylic acids is 1. The van der Waals surface area contributed by atoms with Crippen molar-refractivity contribution in [3.05, 3.63) is 62.0 Å². The van der Waals surface area contributed by atoms with Gasteiger partial charge in [-0.1, -0.05) is 25.1 Å². The second-order valence-corrected chi connectivity index (χ2v) is 8.02. The molecule has 0 unspecified atom stereocenters. The number of hydrogen-bond acceptors (Lipinski definition) is 4. The Morgan fingerprint density at radius 2 is 1.61 bits per heavy atom. The van der Waals surface area contributed by atoms with Crippen molar-refractivity contribution in [1.82, 2.24) is 0 Å². The summed E-state index contributed by atoms with van der Waals surface area (Å²) in [4.78, 5) is 14.2. The first-order chi connectivity index (χ1) is 13.0. The van der Waals surface area contributed by atoms with Crippen LogP contribution in [0.1, 0.15) is 33.6 Å². The van der Waals surface area contributed by atoms with Gasteiger partial charge in [0.25, 0.3) is 0 Å². The van der Waals surface area contributed by atoms with Crippen LogP contribution in [-0.2, 0) is 26.0 Å². The lowest BCUT2D eigenvalue weighted by Gasteiger charge is -2.23. The van der Waals surface area contributed by atoms with Crippen molar-refractivity contribution < 1.29 is 19.0 Å². The molecule has 0 amide bonds. The minimum Gasteiger partial charge on any atom is -0.482 e. The largest absolute Gasteiger partial charge is 0.482 e. The number of thiol groups is 1. The van der Waals surface area contributed by atoms with Gasteiger partial charge in [0, 0.05) is 18.2 Å². The molecule has 0 radical (unpaired) electrons. The van der Waals surface area contributed by atoms with Crippen molar-refractivity contribution in [2.24, 2.45) is 0 Å². The summed E-state index contributed by atoms with van der Waals surface area (Å²) in [5.74, 6) is 0.295. The van der Waals surface area contributed by atoms with E-state index in [-0.39, 0.29) is 25.6 Å². The van der Waals surface area contributed by atoms with Gasteiger partial charge in [0.1, 0.15) is 5.75 Å². The Labute approximate surface area is 173 Å². The van der Waals surface area contributed by atoms with Crippen LogP contribution in [-0.4, -0.2) is 31.4 Å². The normalized spacial score (nSPS) is 10.8. The van der Waals surface area contributed by atoms with Gasteiger partial charge in [-0.15, -0.1) is 0 Å². The first kappa shape index (κ1) is 24.1. The Morgan fingerprint density at radius 1 is 0.964 bits per heavy atom. The van der Waals surface area contributed by atoms with Gasteiger partial charge in [-0.2, -0.15) is 0 Å². The lowest BCUT2D eigenvalue weighted by molar-refractivity contribution is -0.146. The van der Waals surface area contributed by atoms with E-state index in [1.54, 1.807) is 0 Å². The highest BCUT2D eigenvalue weighted by atomic mass is 32.2. The molecule has 0 aromatic heterocycles. The molecule has 5 heteroatoms. The van der Waals surface area contributed by atoms with Crippen LogP contribution >= 0.6 is 0 Å². The van der Waals surface area contributed by atoms with Gasteiger partial charge in [0.2, 0.25) is 0 Å². The zero-order chi connectivity index (χ0) is 19.5. The predicted molar refractivity (Wildman–Crippen MR) is 116 cm³/mol. The maximum Gasteiger partial charge on any atom is 0.344 e.